The van der Waals surface area contributed by atoms with Crippen LogP contribution in [-0.2, 0) is 59.7 Å². The second kappa shape index (κ2) is 22.2. The summed E-state index contributed by atoms with van der Waals surface area (Å²) >= 11 is 4.03. The Kier molecular flexibility index (Phi) is 20.1. The number of benzene rings is 3. The summed E-state index contributed by atoms with van der Waals surface area (Å²) in [5.41, 5.74) is 6.69. The van der Waals surface area contributed by atoms with Crippen molar-refractivity contribution in [2.24, 2.45) is 0 Å². The fourth-order valence-corrected chi connectivity index (χ4v) is 6.96. The van der Waals surface area contributed by atoms with E-state index in [1.807, 2.05) is 24.3 Å². The standard InChI is InChI=1S/C19H30O3S.C18H29NO2.C16H26O2/c1-18(2,3)14-11-13(7-8-16(20)22-9-10-23)12-15(17(14)21)19(4,5)6;1-17(2,3)13-10-12(8-9-15(20)19-7)11-14(16(13)21)18(4,5)6;1-7-15(3,4)11-9-14(18)12(10-13(11)17)16(5,6)8-2/h11-12,21,23H,7-10H2,1-6H3;10-11,21H,8-9H2,1-7H3,(H,19,20);9-10,17-18H,7-8H2,1-6H3. The van der Waals surface area contributed by atoms with E-state index in [9.17, 15) is 30.0 Å². The third-order valence-electron chi connectivity index (χ3n) is 11.8. The van der Waals surface area contributed by atoms with Gasteiger partial charge >= 0.3 is 5.97 Å². The van der Waals surface area contributed by atoms with E-state index >= 15 is 0 Å². The lowest BCUT2D eigenvalue weighted by Crippen LogP contribution is -2.20. The maximum atomic E-state index is 11.7. The van der Waals surface area contributed by atoms with Gasteiger partial charge in [0.05, 0.1) is 0 Å². The molecule has 0 saturated heterocycles. The molecule has 3 aromatic carbocycles. The third kappa shape index (κ3) is 16.4. The molecule has 1 amide bonds. The molecule has 0 saturated carbocycles. The first-order chi connectivity index (χ1) is 28.1. The number of phenolic OH excluding ortho intramolecular Hbond substituents is 4. The van der Waals surface area contributed by atoms with Gasteiger partial charge in [-0.2, -0.15) is 12.6 Å². The Balaban J connectivity index is 0.000000468. The van der Waals surface area contributed by atoms with Crippen LogP contribution in [0.25, 0.3) is 0 Å². The van der Waals surface area contributed by atoms with Crippen molar-refractivity contribution in [1.82, 2.24) is 5.32 Å². The van der Waals surface area contributed by atoms with Crippen LogP contribution in [0.2, 0.25) is 0 Å². The maximum Gasteiger partial charge on any atom is 0.306 e. The van der Waals surface area contributed by atoms with E-state index in [2.05, 4.69) is 143 Å². The molecule has 9 heteroatoms. The molecule has 0 aromatic heterocycles. The monoisotopic (exact) mass is 880 g/mol. The number of esters is 1. The van der Waals surface area contributed by atoms with Crippen molar-refractivity contribution in [3.63, 3.8) is 0 Å². The van der Waals surface area contributed by atoms with Gasteiger partial charge in [0, 0.05) is 36.8 Å². The van der Waals surface area contributed by atoms with Gasteiger partial charge in [-0.1, -0.05) is 149 Å². The van der Waals surface area contributed by atoms with E-state index in [4.69, 9.17) is 4.74 Å². The van der Waals surface area contributed by atoms with Crippen LogP contribution in [0.3, 0.4) is 0 Å². The summed E-state index contributed by atoms with van der Waals surface area (Å²) in [4.78, 5) is 23.2. The van der Waals surface area contributed by atoms with Crippen molar-refractivity contribution in [3.8, 4) is 23.0 Å². The second-order valence-electron chi connectivity index (χ2n) is 22.1. The summed E-state index contributed by atoms with van der Waals surface area (Å²) in [6.45, 7) is 37.9. The van der Waals surface area contributed by atoms with Gasteiger partial charge in [-0.3, -0.25) is 9.59 Å². The lowest BCUT2D eigenvalue weighted by molar-refractivity contribution is -0.142. The topological polar surface area (TPSA) is 136 Å². The molecular weight excluding hydrogens is 795 g/mol. The van der Waals surface area contributed by atoms with Gasteiger partial charge in [-0.05, 0) is 104 Å². The summed E-state index contributed by atoms with van der Waals surface area (Å²) in [6, 6.07) is 11.5. The van der Waals surface area contributed by atoms with Crippen molar-refractivity contribution < 1.29 is 34.8 Å². The molecular formula is C53H85NO7S. The number of hydrogen-bond donors (Lipinski definition) is 6. The molecule has 0 unspecified atom stereocenters. The van der Waals surface area contributed by atoms with E-state index in [1.165, 1.54) is 0 Å². The Labute approximate surface area is 382 Å². The van der Waals surface area contributed by atoms with Crippen LogP contribution in [0.1, 0.15) is 195 Å². The van der Waals surface area contributed by atoms with E-state index in [1.54, 1.807) is 19.2 Å². The molecule has 0 atom stereocenters. The van der Waals surface area contributed by atoms with Crippen LogP contribution in [0.5, 0.6) is 23.0 Å². The Morgan fingerprint density at radius 2 is 0.839 bits per heavy atom. The summed E-state index contributed by atoms with van der Waals surface area (Å²) in [6.07, 6.45) is 3.93. The molecule has 0 aliphatic heterocycles. The van der Waals surface area contributed by atoms with Crippen LogP contribution in [-0.4, -0.2) is 51.7 Å². The van der Waals surface area contributed by atoms with Gasteiger partial charge in [0.15, 0.2) is 0 Å². The predicted molar refractivity (Wildman–Crippen MR) is 263 cm³/mol. The minimum Gasteiger partial charge on any atom is -0.508 e. The van der Waals surface area contributed by atoms with Crippen molar-refractivity contribution in [2.75, 3.05) is 19.4 Å². The molecule has 3 aromatic rings. The van der Waals surface area contributed by atoms with Crippen molar-refractivity contribution in [2.45, 2.75) is 196 Å². The minimum atomic E-state index is -0.207. The number of amides is 1. The smallest absolute Gasteiger partial charge is 0.306 e. The average Bonchev–Trinajstić information content (AvgIpc) is 3.15. The number of thiol groups is 1. The zero-order valence-corrected chi connectivity index (χ0v) is 43.0. The number of ether oxygens (including phenoxy) is 1. The van der Waals surface area contributed by atoms with E-state index in [-0.39, 0.29) is 55.9 Å². The normalized spacial score (nSPS) is 12.5. The van der Waals surface area contributed by atoms with E-state index < -0.39 is 0 Å². The number of rotatable bonds is 12. The zero-order chi connectivity index (χ0) is 48.4. The molecule has 0 aliphatic carbocycles. The average molecular weight is 880 g/mol. The SMILES string of the molecule is CC(C)(C)c1cc(CCC(=O)OCCS)cc(C(C)(C)C)c1O.CCC(C)(C)c1cc(O)c(C(C)(C)CC)cc1O.CNC(=O)CCc1cc(C(C)(C)C)c(O)c(C(C)(C)C)c1. The van der Waals surface area contributed by atoms with Crippen LogP contribution >= 0.6 is 12.6 Å². The highest BCUT2D eigenvalue weighted by Gasteiger charge is 2.30. The number of nitrogens with one attached hydrogen (secondary N) is 1. The number of aryl methyl sites for hydroxylation is 2. The van der Waals surface area contributed by atoms with Gasteiger partial charge in [0.2, 0.25) is 5.91 Å². The van der Waals surface area contributed by atoms with Gasteiger partial charge in [0.1, 0.15) is 29.6 Å². The summed E-state index contributed by atoms with van der Waals surface area (Å²) < 4.78 is 5.07. The Hall–Kier alpha value is -3.85. The van der Waals surface area contributed by atoms with Gasteiger partial charge in [-0.25, -0.2) is 0 Å². The van der Waals surface area contributed by atoms with Crippen LogP contribution < -0.4 is 5.32 Å². The van der Waals surface area contributed by atoms with Crippen molar-refractivity contribution in [3.05, 3.63) is 80.9 Å². The highest BCUT2D eigenvalue weighted by molar-refractivity contribution is 7.80. The number of hydrogen-bond acceptors (Lipinski definition) is 8. The molecule has 0 aliphatic rings. The molecule has 5 N–H and O–H groups in total. The molecule has 0 bridgehead atoms. The second-order valence-corrected chi connectivity index (χ2v) is 22.5. The minimum absolute atomic E-state index is 0.0395. The Morgan fingerprint density at radius 3 is 1.10 bits per heavy atom. The zero-order valence-electron chi connectivity index (χ0n) is 42.1. The first-order valence-electron chi connectivity index (χ1n) is 22.4. The van der Waals surface area contributed by atoms with Crippen molar-refractivity contribution in [1.29, 1.82) is 0 Å². The molecule has 350 valence electrons. The maximum absolute atomic E-state index is 11.7. The quantitative estimate of drug-likeness (QED) is 0.0605. The van der Waals surface area contributed by atoms with Gasteiger partial charge in [0.25, 0.3) is 0 Å². The molecule has 8 nitrogen and oxygen atoms in total. The van der Waals surface area contributed by atoms with Crippen LogP contribution in [0.4, 0.5) is 0 Å². The Bertz CT molecular complexity index is 1840. The number of aromatic hydroxyl groups is 4. The van der Waals surface area contributed by atoms with E-state index in [0.717, 1.165) is 57.3 Å². The molecule has 0 fully saturated rings. The lowest BCUT2D eigenvalue weighted by Gasteiger charge is -2.29. The predicted octanol–water partition coefficient (Wildman–Crippen LogP) is 12.5. The first-order valence-corrected chi connectivity index (χ1v) is 23.0. The fourth-order valence-electron chi connectivity index (χ4n) is 6.87. The van der Waals surface area contributed by atoms with Crippen molar-refractivity contribution >= 4 is 24.5 Å². The molecule has 0 spiro atoms. The Morgan fingerprint density at radius 1 is 0.532 bits per heavy atom. The fraction of sp³-hybridized carbons (Fsp3) is 0.623. The largest absolute Gasteiger partial charge is 0.508 e. The number of phenols is 4. The summed E-state index contributed by atoms with van der Waals surface area (Å²) in [5, 5.41) is 44.4. The van der Waals surface area contributed by atoms with Gasteiger partial charge in [-0.15, -0.1) is 0 Å². The lowest BCUT2D eigenvalue weighted by atomic mass is 9.77. The van der Waals surface area contributed by atoms with E-state index in [0.29, 0.717) is 49.5 Å². The van der Waals surface area contributed by atoms with Crippen LogP contribution in [0, 0.1) is 0 Å². The molecule has 3 rings (SSSR count). The van der Waals surface area contributed by atoms with Gasteiger partial charge < -0.3 is 30.5 Å². The highest BCUT2D eigenvalue weighted by atomic mass is 32.1. The molecule has 0 heterocycles. The summed E-state index contributed by atoms with van der Waals surface area (Å²) in [5.74, 6) is 1.70. The summed E-state index contributed by atoms with van der Waals surface area (Å²) in [7, 11) is 1.65. The van der Waals surface area contributed by atoms with Crippen LogP contribution in [0.15, 0.2) is 36.4 Å². The number of carbonyl (C=O) groups excluding carboxylic acids is 2. The highest BCUT2D eigenvalue weighted by Crippen LogP contribution is 2.43. The molecule has 0 radical (unpaired) electrons. The first kappa shape index (κ1) is 56.2. The number of carbonyl (C=O) groups is 2. The third-order valence-corrected chi connectivity index (χ3v) is 12.0. The molecule has 62 heavy (non-hydrogen) atoms.